The molecule has 1 aromatic rings. The van der Waals surface area contributed by atoms with Crippen molar-refractivity contribution in [3.05, 3.63) is 34.4 Å². The third-order valence-electron chi connectivity index (χ3n) is 4.50. The molecule has 1 aromatic carbocycles. The molecule has 0 amide bonds. The Balaban J connectivity index is 2.10. The van der Waals surface area contributed by atoms with Crippen molar-refractivity contribution in [1.29, 1.82) is 0 Å². The first-order valence-electron chi connectivity index (χ1n) is 7.67. The summed E-state index contributed by atoms with van der Waals surface area (Å²) in [4.78, 5) is 12.5. The van der Waals surface area contributed by atoms with E-state index in [-0.39, 0.29) is 0 Å². The highest BCUT2D eigenvalue weighted by Crippen LogP contribution is 2.26. The molecule has 1 aliphatic rings. The molecule has 0 radical (unpaired) electrons. The van der Waals surface area contributed by atoms with Gasteiger partial charge in [0.1, 0.15) is 5.78 Å². The zero-order valence-electron chi connectivity index (χ0n) is 12.6. The van der Waals surface area contributed by atoms with Gasteiger partial charge in [0, 0.05) is 12.3 Å². The molecule has 19 heavy (non-hydrogen) atoms. The number of ketones is 1. The molecule has 0 aliphatic heterocycles. The Morgan fingerprint density at radius 1 is 1.00 bits per heavy atom. The highest BCUT2D eigenvalue weighted by atomic mass is 16.1. The first kappa shape index (κ1) is 14.3. The van der Waals surface area contributed by atoms with Gasteiger partial charge in [-0.1, -0.05) is 43.4 Å². The third-order valence-corrected chi connectivity index (χ3v) is 4.50. The van der Waals surface area contributed by atoms with Crippen molar-refractivity contribution in [2.24, 2.45) is 5.92 Å². The summed E-state index contributed by atoms with van der Waals surface area (Å²) in [6.07, 6.45) is 7.97. The SMILES string of the molecule is Cc1cc(C)c(CC(=O)C2CCCCCC2)c(C)c1. The van der Waals surface area contributed by atoms with Crippen molar-refractivity contribution in [1.82, 2.24) is 0 Å². The van der Waals surface area contributed by atoms with E-state index in [0.29, 0.717) is 18.1 Å². The van der Waals surface area contributed by atoms with Gasteiger partial charge >= 0.3 is 0 Å². The number of aryl methyl sites for hydroxylation is 3. The van der Waals surface area contributed by atoms with Crippen LogP contribution in [0.1, 0.15) is 60.8 Å². The van der Waals surface area contributed by atoms with Gasteiger partial charge in [-0.15, -0.1) is 0 Å². The second kappa shape index (κ2) is 6.36. The van der Waals surface area contributed by atoms with E-state index < -0.39 is 0 Å². The maximum absolute atomic E-state index is 12.5. The summed E-state index contributed by atoms with van der Waals surface area (Å²) >= 11 is 0. The van der Waals surface area contributed by atoms with Gasteiger partial charge in [-0.3, -0.25) is 4.79 Å². The van der Waals surface area contributed by atoms with Crippen molar-refractivity contribution in [2.45, 2.75) is 65.7 Å². The van der Waals surface area contributed by atoms with Crippen LogP contribution in [0.5, 0.6) is 0 Å². The molecular formula is C18H26O. The molecule has 0 saturated heterocycles. The summed E-state index contributed by atoms with van der Waals surface area (Å²) < 4.78 is 0. The van der Waals surface area contributed by atoms with Crippen LogP contribution in [0.4, 0.5) is 0 Å². The predicted molar refractivity (Wildman–Crippen MR) is 80.6 cm³/mol. The zero-order chi connectivity index (χ0) is 13.8. The zero-order valence-corrected chi connectivity index (χ0v) is 12.6. The van der Waals surface area contributed by atoms with Crippen molar-refractivity contribution in [3.63, 3.8) is 0 Å². The van der Waals surface area contributed by atoms with Gasteiger partial charge in [0.05, 0.1) is 0 Å². The topological polar surface area (TPSA) is 17.1 Å². The van der Waals surface area contributed by atoms with Gasteiger partial charge in [0.25, 0.3) is 0 Å². The minimum Gasteiger partial charge on any atom is -0.299 e. The second-order valence-corrected chi connectivity index (χ2v) is 6.21. The van der Waals surface area contributed by atoms with Crippen molar-refractivity contribution < 1.29 is 4.79 Å². The highest BCUT2D eigenvalue weighted by molar-refractivity contribution is 5.84. The number of carbonyl (C=O) groups excluding carboxylic acids is 1. The van der Waals surface area contributed by atoms with Gasteiger partial charge in [-0.2, -0.15) is 0 Å². The predicted octanol–water partition coefficient (Wildman–Crippen LogP) is 4.69. The molecule has 0 bridgehead atoms. The number of hydrogen-bond acceptors (Lipinski definition) is 1. The van der Waals surface area contributed by atoms with E-state index in [1.807, 2.05) is 0 Å². The molecule has 104 valence electrons. The maximum Gasteiger partial charge on any atom is 0.140 e. The van der Waals surface area contributed by atoms with E-state index in [0.717, 1.165) is 12.8 Å². The van der Waals surface area contributed by atoms with Crippen LogP contribution < -0.4 is 0 Å². The molecule has 0 spiro atoms. The lowest BCUT2D eigenvalue weighted by Gasteiger charge is -2.16. The molecule has 1 nitrogen and oxygen atoms in total. The average Bonchev–Trinajstić information content (AvgIpc) is 2.62. The van der Waals surface area contributed by atoms with Crippen molar-refractivity contribution in [3.8, 4) is 0 Å². The standard InChI is InChI=1S/C18H26O/c1-13-10-14(2)17(15(3)11-13)12-18(19)16-8-6-4-5-7-9-16/h10-11,16H,4-9,12H2,1-3H3. The molecule has 0 atom stereocenters. The molecule has 0 heterocycles. The summed E-state index contributed by atoms with van der Waals surface area (Å²) in [6.45, 7) is 6.39. The minimum atomic E-state index is 0.322. The Bertz CT molecular complexity index is 428. The van der Waals surface area contributed by atoms with Gasteiger partial charge in [0.2, 0.25) is 0 Å². The minimum absolute atomic E-state index is 0.322. The highest BCUT2D eigenvalue weighted by Gasteiger charge is 2.21. The van der Waals surface area contributed by atoms with Crippen molar-refractivity contribution >= 4 is 5.78 Å². The monoisotopic (exact) mass is 258 g/mol. The molecule has 1 heteroatoms. The fraction of sp³-hybridized carbons (Fsp3) is 0.611. The summed E-state index contributed by atoms with van der Waals surface area (Å²) in [7, 11) is 0. The van der Waals surface area contributed by atoms with Gasteiger partial charge in [0.15, 0.2) is 0 Å². The molecule has 0 N–H and O–H groups in total. The first-order valence-corrected chi connectivity index (χ1v) is 7.67. The van der Waals surface area contributed by atoms with E-state index in [1.54, 1.807) is 0 Å². The van der Waals surface area contributed by atoms with E-state index >= 15 is 0 Å². The quantitative estimate of drug-likeness (QED) is 0.719. The average molecular weight is 258 g/mol. The largest absolute Gasteiger partial charge is 0.299 e. The van der Waals surface area contributed by atoms with E-state index in [4.69, 9.17) is 0 Å². The summed E-state index contributed by atoms with van der Waals surface area (Å²) in [5, 5.41) is 0. The van der Waals surface area contributed by atoms with Crippen LogP contribution in [0.15, 0.2) is 12.1 Å². The lowest BCUT2D eigenvalue weighted by Crippen LogP contribution is -2.17. The van der Waals surface area contributed by atoms with Crippen LogP contribution in [0.2, 0.25) is 0 Å². The van der Waals surface area contributed by atoms with Crippen LogP contribution in [0, 0.1) is 26.7 Å². The lowest BCUT2D eigenvalue weighted by atomic mass is 9.88. The van der Waals surface area contributed by atoms with Crippen LogP contribution in [0.25, 0.3) is 0 Å². The van der Waals surface area contributed by atoms with Crippen LogP contribution in [-0.2, 0) is 11.2 Å². The normalized spacial score (nSPS) is 17.2. The molecule has 1 fully saturated rings. The van der Waals surface area contributed by atoms with Crippen LogP contribution in [-0.4, -0.2) is 5.78 Å². The Morgan fingerprint density at radius 2 is 1.53 bits per heavy atom. The van der Waals surface area contributed by atoms with Gasteiger partial charge < -0.3 is 0 Å². The molecule has 0 aromatic heterocycles. The molecular weight excluding hydrogens is 232 g/mol. The van der Waals surface area contributed by atoms with Crippen molar-refractivity contribution in [2.75, 3.05) is 0 Å². The molecule has 1 saturated carbocycles. The number of hydrogen-bond donors (Lipinski definition) is 0. The molecule has 1 aliphatic carbocycles. The summed E-state index contributed by atoms with van der Waals surface area (Å²) in [6, 6.07) is 4.39. The van der Waals surface area contributed by atoms with E-state index in [2.05, 4.69) is 32.9 Å². The smallest absolute Gasteiger partial charge is 0.140 e. The Morgan fingerprint density at radius 3 is 2.05 bits per heavy atom. The Kier molecular flexibility index (Phi) is 4.79. The molecule has 0 unspecified atom stereocenters. The van der Waals surface area contributed by atoms with E-state index in [9.17, 15) is 4.79 Å². The Labute approximate surface area is 117 Å². The number of benzene rings is 1. The van der Waals surface area contributed by atoms with E-state index in [1.165, 1.54) is 47.9 Å². The number of Topliss-reactive ketones (excluding diaryl/α,β-unsaturated/α-hetero) is 1. The summed E-state index contributed by atoms with van der Waals surface area (Å²) in [5.74, 6) is 0.791. The number of rotatable bonds is 3. The van der Waals surface area contributed by atoms with Crippen LogP contribution in [0.3, 0.4) is 0 Å². The maximum atomic E-state index is 12.5. The first-order chi connectivity index (χ1) is 9.08. The fourth-order valence-corrected chi connectivity index (χ4v) is 3.41. The molecule has 2 rings (SSSR count). The van der Waals surface area contributed by atoms with Crippen LogP contribution >= 0.6 is 0 Å². The second-order valence-electron chi connectivity index (χ2n) is 6.21. The summed E-state index contributed by atoms with van der Waals surface area (Å²) in [5.41, 5.74) is 5.11. The van der Waals surface area contributed by atoms with Gasteiger partial charge in [-0.25, -0.2) is 0 Å². The van der Waals surface area contributed by atoms with Gasteiger partial charge in [-0.05, 0) is 50.3 Å². The lowest BCUT2D eigenvalue weighted by molar-refractivity contribution is -0.122. The third kappa shape index (κ3) is 3.68. The number of carbonyl (C=O) groups is 1. The Hall–Kier alpha value is -1.11. The fourth-order valence-electron chi connectivity index (χ4n) is 3.41.